The first-order chi connectivity index (χ1) is 11.2. The summed E-state index contributed by atoms with van der Waals surface area (Å²) in [5.41, 5.74) is 3.19. The molecule has 0 aliphatic carbocycles. The summed E-state index contributed by atoms with van der Waals surface area (Å²) in [5, 5.41) is 2.66. The first-order valence-corrected chi connectivity index (χ1v) is 7.26. The van der Waals surface area contributed by atoms with Gasteiger partial charge in [0.05, 0.1) is 6.42 Å². The van der Waals surface area contributed by atoms with Crippen LogP contribution in [-0.2, 0) is 11.2 Å². The minimum Gasteiger partial charge on any atom is -0.326 e. The largest absolute Gasteiger partial charge is 0.326 e. The SMILES string of the molecule is O=C(Cc1ccc(-c2ccccc2)cn1)Nc1cccc(F)c1. The van der Waals surface area contributed by atoms with E-state index < -0.39 is 0 Å². The lowest BCUT2D eigenvalue weighted by Crippen LogP contribution is -2.15. The number of nitrogens with one attached hydrogen (secondary N) is 1. The second kappa shape index (κ2) is 6.83. The Labute approximate surface area is 133 Å². The van der Waals surface area contributed by atoms with Gasteiger partial charge in [0.15, 0.2) is 0 Å². The number of carbonyl (C=O) groups excluding carboxylic acids is 1. The zero-order valence-corrected chi connectivity index (χ0v) is 12.4. The van der Waals surface area contributed by atoms with Crippen molar-refractivity contribution in [3.05, 3.63) is 84.4 Å². The van der Waals surface area contributed by atoms with Gasteiger partial charge in [-0.15, -0.1) is 0 Å². The van der Waals surface area contributed by atoms with Crippen LogP contribution in [0.4, 0.5) is 10.1 Å². The van der Waals surface area contributed by atoms with Crippen LogP contribution in [-0.4, -0.2) is 10.9 Å². The highest BCUT2D eigenvalue weighted by atomic mass is 19.1. The molecule has 1 heterocycles. The van der Waals surface area contributed by atoms with Crippen LogP contribution in [0.15, 0.2) is 72.9 Å². The summed E-state index contributed by atoms with van der Waals surface area (Å²) in [6.45, 7) is 0. The number of carbonyl (C=O) groups is 1. The van der Waals surface area contributed by atoms with Gasteiger partial charge in [0.2, 0.25) is 5.91 Å². The molecule has 0 fully saturated rings. The Morgan fingerprint density at radius 2 is 1.78 bits per heavy atom. The fourth-order valence-electron chi connectivity index (χ4n) is 2.27. The maximum Gasteiger partial charge on any atom is 0.230 e. The molecule has 0 unspecified atom stereocenters. The molecule has 4 heteroatoms. The Kier molecular flexibility index (Phi) is 4.43. The Balaban J connectivity index is 1.65. The molecule has 0 aliphatic rings. The molecular formula is C19H15FN2O. The molecule has 0 saturated heterocycles. The average Bonchev–Trinajstić information content (AvgIpc) is 2.56. The van der Waals surface area contributed by atoms with E-state index in [0.29, 0.717) is 11.4 Å². The van der Waals surface area contributed by atoms with Gasteiger partial charge < -0.3 is 5.32 Å². The Hall–Kier alpha value is -3.01. The highest BCUT2D eigenvalue weighted by Gasteiger charge is 2.06. The van der Waals surface area contributed by atoms with Gasteiger partial charge in [-0.05, 0) is 29.8 Å². The molecule has 3 rings (SSSR count). The number of hydrogen-bond acceptors (Lipinski definition) is 2. The van der Waals surface area contributed by atoms with Crippen LogP contribution in [0.5, 0.6) is 0 Å². The maximum absolute atomic E-state index is 13.1. The highest BCUT2D eigenvalue weighted by Crippen LogP contribution is 2.18. The second-order valence-corrected chi connectivity index (χ2v) is 5.14. The van der Waals surface area contributed by atoms with Crippen molar-refractivity contribution in [2.75, 3.05) is 5.32 Å². The number of pyridine rings is 1. The van der Waals surface area contributed by atoms with E-state index in [1.165, 1.54) is 12.1 Å². The van der Waals surface area contributed by atoms with Crippen LogP contribution in [0.1, 0.15) is 5.69 Å². The molecule has 1 aromatic heterocycles. The predicted octanol–water partition coefficient (Wildman–Crippen LogP) is 4.07. The van der Waals surface area contributed by atoms with Crippen molar-refractivity contribution >= 4 is 11.6 Å². The van der Waals surface area contributed by atoms with Crippen LogP contribution < -0.4 is 5.32 Å². The predicted molar refractivity (Wildman–Crippen MR) is 88.4 cm³/mol. The number of hydrogen-bond donors (Lipinski definition) is 1. The quantitative estimate of drug-likeness (QED) is 0.789. The summed E-state index contributed by atoms with van der Waals surface area (Å²) < 4.78 is 13.1. The van der Waals surface area contributed by atoms with Crippen molar-refractivity contribution in [1.82, 2.24) is 4.98 Å². The van der Waals surface area contributed by atoms with E-state index in [0.717, 1.165) is 11.1 Å². The molecule has 0 aliphatic heterocycles. The Morgan fingerprint density at radius 1 is 0.957 bits per heavy atom. The molecule has 0 saturated carbocycles. The van der Waals surface area contributed by atoms with Gasteiger partial charge in [0.1, 0.15) is 5.82 Å². The monoisotopic (exact) mass is 306 g/mol. The Bertz CT molecular complexity index is 801. The number of nitrogens with zero attached hydrogens (tertiary/aromatic N) is 1. The Morgan fingerprint density at radius 3 is 2.48 bits per heavy atom. The molecule has 0 spiro atoms. The summed E-state index contributed by atoms with van der Waals surface area (Å²) in [6.07, 6.45) is 1.89. The number of rotatable bonds is 4. The van der Waals surface area contributed by atoms with Crippen molar-refractivity contribution < 1.29 is 9.18 Å². The highest BCUT2D eigenvalue weighted by molar-refractivity contribution is 5.92. The number of anilines is 1. The molecule has 1 amide bonds. The van der Waals surface area contributed by atoms with E-state index in [-0.39, 0.29) is 18.1 Å². The van der Waals surface area contributed by atoms with Gasteiger partial charge in [0.25, 0.3) is 0 Å². The zero-order chi connectivity index (χ0) is 16.1. The van der Waals surface area contributed by atoms with Gasteiger partial charge in [0, 0.05) is 23.1 Å². The van der Waals surface area contributed by atoms with Gasteiger partial charge in [-0.3, -0.25) is 9.78 Å². The topological polar surface area (TPSA) is 42.0 Å². The molecule has 0 radical (unpaired) electrons. The summed E-state index contributed by atoms with van der Waals surface area (Å²) in [5.74, 6) is -0.608. The van der Waals surface area contributed by atoms with Crippen LogP contribution in [0, 0.1) is 5.82 Å². The smallest absolute Gasteiger partial charge is 0.230 e. The lowest BCUT2D eigenvalue weighted by Gasteiger charge is -2.06. The average molecular weight is 306 g/mol. The number of amides is 1. The van der Waals surface area contributed by atoms with Crippen molar-refractivity contribution in [3.63, 3.8) is 0 Å². The molecule has 23 heavy (non-hydrogen) atoms. The van der Waals surface area contributed by atoms with E-state index in [4.69, 9.17) is 0 Å². The summed E-state index contributed by atoms with van der Waals surface area (Å²) in [7, 11) is 0. The maximum atomic E-state index is 13.1. The van der Waals surface area contributed by atoms with E-state index >= 15 is 0 Å². The minimum atomic E-state index is -0.381. The molecule has 114 valence electrons. The molecule has 0 atom stereocenters. The number of benzene rings is 2. The lowest BCUT2D eigenvalue weighted by molar-refractivity contribution is -0.115. The molecule has 0 bridgehead atoms. The van der Waals surface area contributed by atoms with Crippen molar-refractivity contribution in [3.8, 4) is 11.1 Å². The first-order valence-electron chi connectivity index (χ1n) is 7.26. The molecular weight excluding hydrogens is 291 g/mol. The lowest BCUT2D eigenvalue weighted by atomic mass is 10.1. The van der Waals surface area contributed by atoms with Gasteiger partial charge in [-0.25, -0.2) is 4.39 Å². The van der Waals surface area contributed by atoms with E-state index in [1.807, 2.05) is 42.5 Å². The van der Waals surface area contributed by atoms with Crippen LogP contribution in [0.25, 0.3) is 11.1 Å². The fraction of sp³-hybridized carbons (Fsp3) is 0.0526. The zero-order valence-electron chi connectivity index (χ0n) is 12.4. The third-order valence-electron chi connectivity index (χ3n) is 3.38. The van der Waals surface area contributed by atoms with Gasteiger partial charge in [-0.2, -0.15) is 0 Å². The van der Waals surface area contributed by atoms with Gasteiger partial charge in [-0.1, -0.05) is 42.5 Å². The third-order valence-corrected chi connectivity index (χ3v) is 3.38. The summed E-state index contributed by atoms with van der Waals surface area (Å²) in [6, 6.07) is 19.5. The molecule has 1 N–H and O–H groups in total. The third kappa shape index (κ3) is 4.01. The number of aromatic nitrogens is 1. The fourth-order valence-corrected chi connectivity index (χ4v) is 2.27. The van der Waals surface area contributed by atoms with Crippen LogP contribution in [0.3, 0.4) is 0 Å². The van der Waals surface area contributed by atoms with Crippen LogP contribution in [0.2, 0.25) is 0 Å². The molecule has 3 nitrogen and oxygen atoms in total. The van der Waals surface area contributed by atoms with Crippen molar-refractivity contribution in [2.45, 2.75) is 6.42 Å². The second-order valence-electron chi connectivity index (χ2n) is 5.14. The molecule has 2 aromatic carbocycles. The van der Waals surface area contributed by atoms with Crippen LogP contribution >= 0.6 is 0 Å². The van der Waals surface area contributed by atoms with E-state index in [1.54, 1.807) is 18.3 Å². The van der Waals surface area contributed by atoms with E-state index in [9.17, 15) is 9.18 Å². The number of halogens is 1. The first kappa shape index (κ1) is 14.9. The summed E-state index contributed by atoms with van der Waals surface area (Å²) >= 11 is 0. The minimum absolute atomic E-state index is 0.144. The molecule has 3 aromatic rings. The summed E-state index contributed by atoms with van der Waals surface area (Å²) in [4.78, 5) is 16.3. The standard InChI is InChI=1S/C19H15FN2O/c20-16-7-4-8-18(11-16)22-19(23)12-17-10-9-15(13-21-17)14-5-2-1-3-6-14/h1-11,13H,12H2,(H,22,23). The van der Waals surface area contributed by atoms with Crippen molar-refractivity contribution in [1.29, 1.82) is 0 Å². The van der Waals surface area contributed by atoms with E-state index in [2.05, 4.69) is 10.3 Å². The van der Waals surface area contributed by atoms with Gasteiger partial charge >= 0.3 is 0 Å². The normalized spacial score (nSPS) is 10.3. The van der Waals surface area contributed by atoms with Crippen molar-refractivity contribution in [2.24, 2.45) is 0 Å².